The van der Waals surface area contributed by atoms with E-state index in [-0.39, 0.29) is 35.9 Å². The van der Waals surface area contributed by atoms with Gasteiger partial charge in [0.2, 0.25) is 11.7 Å². The second-order valence-electron chi connectivity index (χ2n) is 9.74. The van der Waals surface area contributed by atoms with Gasteiger partial charge in [0.25, 0.3) is 5.91 Å². The normalized spacial score (nSPS) is 14.2. The van der Waals surface area contributed by atoms with Crippen molar-refractivity contribution in [2.75, 3.05) is 4.90 Å². The van der Waals surface area contributed by atoms with Gasteiger partial charge in [-0.1, -0.05) is 48.7 Å². The number of amides is 2. The smallest absolute Gasteiger partial charge is 0.251 e. The number of nitrogens with zero attached hydrogens (tertiary/aromatic N) is 5. The molecule has 0 spiro atoms. The Morgan fingerprint density at radius 3 is 2.49 bits per heavy atom. The third kappa shape index (κ3) is 6.11. The van der Waals surface area contributed by atoms with Crippen LogP contribution in [0.15, 0.2) is 72.8 Å². The molecular weight excluding hydrogens is 499 g/mol. The van der Waals surface area contributed by atoms with Crippen LogP contribution in [0.4, 0.5) is 10.1 Å². The highest BCUT2D eigenvalue weighted by Crippen LogP contribution is 2.31. The van der Waals surface area contributed by atoms with Crippen LogP contribution in [0.25, 0.3) is 11.4 Å². The summed E-state index contributed by atoms with van der Waals surface area (Å²) in [7, 11) is 0. The average Bonchev–Trinajstić information content (AvgIpc) is 3.60. The fourth-order valence-electron chi connectivity index (χ4n) is 4.82. The number of aromatic nitrogens is 4. The van der Waals surface area contributed by atoms with E-state index < -0.39 is 11.9 Å². The highest BCUT2D eigenvalue weighted by atomic mass is 19.1. The lowest BCUT2D eigenvalue weighted by molar-refractivity contribution is -0.127. The second-order valence-corrected chi connectivity index (χ2v) is 9.74. The van der Waals surface area contributed by atoms with Crippen molar-refractivity contribution in [3.63, 3.8) is 0 Å². The number of anilines is 1. The molecule has 1 fully saturated rings. The zero-order valence-electron chi connectivity index (χ0n) is 21.5. The summed E-state index contributed by atoms with van der Waals surface area (Å²) in [6.45, 7) is 1.63. The first-order valence-electron chi connectivity index (χ1n) is 12.9. The first-order chi connectivity index (χ1) is 18.9. The van der Waals surface area contributed by atoms with Crippen LogP contribution in [-0.4, -0.2) is 43.2 Å². The summed E-state index contributed by atoms with van der Waals surface area (Å²) in [6, 6.07) is 18.4. The molecule has 1 aliphatic rings. The van der Waals surface area contributed by atoms with E-state index in [0.717, 1.165) is 36.0 Å². The van der Waals surface area contributed by atoms with Crippen LogP contribution in [-0.2, 0) is 16.1 Å². The minimum Gasteiger partial charge on any atom is -0.508 e. The monoisotopic (exact) mass is 528 g/mol. The second kappa shape index (κ2) is 11.4. The molecule has 1 aromatic heterocycles. The number of phenols is 1. The number of nitrogens with one attached hydrogen (secondary N) is 1. The van der Waals surface area contributed by atoms with Crippen molar-refractivity contribution in [2.45, 2.75) is 51.2 Å². The summed E-state index contributed by atoms with van der Waals surface area (Å²) >= 11 is 0. The van der Waals surface area contributed by atoms with Gasteiger partial charge in [0.1, 0.15) is 24.2 Å². The van der Waals surface area contributed by atoms with E-state index in [0.29, 0.717) is 16.8 Å². The summed E-state index contributed by atoms with van der Waals surface area (Å²) in [4.78, 5) is 30.2. The molecule has 0 radical (unpaired) electrons. The molecule has 0 saturated heterocycles. The van der Waals surface area contributed by atoms with E-state index in [1.165, 1.54) is 41.3 Å². The lowest BCUT2D eigenvalue weighted by Crippen LogP contribution is -2.47. The molecule has 1 saturated carbocycles. The van der Waals surface area contributed by atoms with Gasteiger partial charge in [0.05, 0.1) is 0 Å². The maximum absolute atomic E-state index is 13.9. The summed E-state index contributed by atoms with van der Waals surface area (Å²) in [5.41, 5.74) is 2.55. The molecule has 0 unspecified atom stereocenters. The van der Waals surface area contributed by atoms with Crippen LogP contribution in [0.1, 0.15) is 42.9 Å². The number of halogens is 1. The molecule has 0 bridgehead atoms. The third-order valence-electron chi connectivity index (χ3n) is 6.81. The lowest BCUT2D eigenvalue weighted by atomic mass is 10.0. The first kappa shape index (κ1) is 26.0. The summed E-state index contributed by atoms with van der Waals surface area (Å²) in [5, 5.41) is 25.7. The van der Waals surface area contributed by atoms with Gasteiger partial charge >= 0.3 is 0 Å². The predicted molar refractivity (Wildman–Crippen MR) is 143 cm³/mol. The molecule has 5 rings (SSSR count). The van der Waals surface area contributed by atoms with Gasteiger partial charge in [-0.25, -0.2) is 4.39 Å². The molecule has 200 valence electrons. The van der Waals surface area contributed by atoms with Gasteiger partial charge in [-0.3, -0.25) is 14.5 Å². The Bertz CT molecular complexity index is 1450. The van der Waals surface area contributed by atoms with Gasteiger partial charge in [-0.15, -0.1) is 10.2 Å². The fraction of sp³-hybridized carbons (Fsp3) is 0.276. The van der Waals surface area contributed by atoms with E-state index >= 15 is 0 Å². The Balaban J connectivity index is 1.50. The molecule has 1 atom stereocenters. The van der Waals surface area contributed by atoms with Crippen molar-refractivity contribution >= 4 is 17.5 Å². The third-order valence-corrected chi connectivity index (χ3v) is 6.81. The van der Waals surface area contributed by atoms with Crippen molar-refractivity contribution in [2.24, 2.45) is 0 Å². The standard InChI is InChI=1S/C29H29FN6O3/c1-19-9-11-20(12-10-19)27(29(39)31-23-5-2-3-6-23)36(24-7-4-8-25(37)17-24)26(38)18-35-33-28(32-34-35)21-13-15-22(30)16-14-21/h4,7-17,23,27,37H,2-3,5-6,18H2,1H3,(H,31,39)/t27-/m1/s1. The van der Waals surface area contributed by atoms with Crippen molar-refractivity contribution in [3.05, 3.63) is 89.7 Å². The largest absolute Gasteiger partial charge is 0.508 e. The molecule has 0 aliphatic heterocycles. The summed E-state index contributed by atoms with van der Waals surface area (Å²) in [6.07, 6.45) is 3.87. The van der Waals surface area contributed by atoms with E-state index in [1.807, 2.05) is 31.2 Å². The molecule has 3 aromatic carbocycles. The van der Waals surface area contributed by atoms with Gasteiger partial charge in [0, 0.05) is 23.4 Å². The topological polar surface area (TPSA) is 113 Å². The summed E-state index contributed by atoms with van der Waals surface area (Å²) in [5.74, 6) is -0.972. The molecule has 4 aromatic rings. The maximum atomic E-state index is 13.9. The van der Waals surface area contributed by atoms with Gasteiger partial charge in [0.15, 0.2) is 0 Å². The Morgan fingerprint density at radius 1 is 1.08 bits per heavy atom. The molecule has 39 heavy (non-hydrogen) atoms. The zero-order valence-corrected chi connectivity index (χ0v) is 21.5. The summed E-state index contributed by atoms with van der Waals surface area (Å²) < 4.78 is 13.3. The number of aromatic hydroxyl groups is 1. The maximum Gasteiger partial charge on any atom is 0.251 e. The van der Waals surface area contributed by atoms with Crippen molar-refractivity contribution < 1.29 is 19.1 Å². The van der Waals surface area contributed by atoms with Crippen LogP contribution in [0.2, 0.25) is 0 Å². The average molecular weight is 529 g/mol. The quantitative estimate of drug-likeness (QED) is 0.352. The van der Waals surface area contributed by atoms with Crippen LogP contribution in [0.3, 0.4) is 0 Å². The minimum absolute atomic E-state index is 0.0402. The first-order valence-corrected chi connectivity index (χ1v) is 12.9. The van der Waals surface area contributed by atoms with Crippen LogP contribution >= 0.6 is 0 Å². The number of hydrogen-bond donors (Lipinski definition) is 2. The van der Waals surface area contributed by atoms with Gasteiger partial charge in [-0.05, 0) is 66.9 Å². The highest BCUT2D eigenvalue weighted by molar-refractivity contribution is 6.01. The molecule has 1 aliphatic carbocycles. The Morgan fingerprint density at radius 2 is 1.79 bits per heavy atom. The van der Waals surface area contributed by atoms with E-state index in [2.05, 4.69) is 20.7 Å². The molecule has 1 heterocycles. The number of phenolic OH excluding ortho intramolecular Hbond substituents is 1. The van der Waals surface area contributed by atoms with E-state index in [9.17, 15) is 19.1 Å². The molecule has 10 heteroatoms. The van der Waals surface area contributed by atoms with E-state index in [1.54, 1.807) is 12.1 Å². The van der Waals surface area contributed by atoms with Crippen molar-refractivity contribution in [1.82, 2.24) is 25.5 Å². The van der Waals surface area contributed by atoms with Crippen LogP contribution < -0.4 is 10.2 Å². The minimum atomic E-state index is -0.999. The number of tetrazole rings is 1. The highest BCUT2D eigenvalue weighted by Gasteiger charge is 2.35. The van der Waals surface area contributed by atoms with Crippen LogP contribution in [0.5, 0.6) is 5.75 Å². The molecule has 2 amide bonds. The number of rotatable bonds is 8. The van der Waals surface area contributed by atoms with E-state index in [4.69, 9.17) is 0 Å². The van der Waals surface area contributed by atoms with Crippen LogP contribution in [0, 0.1) is 12.7 Å². The number of carbonyl (C=O) groups excluding carboxylic acids is 2. The van der Waals surface area contributed by atoms with Gasteiger partial charge in [-0.2, -0.15) is 4.80 Å². The number of benzene rings is 3. The lowest BCUT2D eigenvalue weighted by Gasteiger charge is -2.32. The van der Waals surface area contributed by atoms with Crippen molar-refractivity contribution in [3.8, 4) is 17.1 Å². The fourth-order valence-corrected chi connectivity index (χ4v) is 4.82. The number of aryl methyl sites for hydroxylation is 1. The zero-order chi connectivity index (χ0) is 27.4. The van der Waals surface area contributed by atoms with Gasteiger partial charge < -0.3 is 10.4 Å². The Labute approximate surface area is 225 Å². The molecular formula is C29H29FN6O3. The predicted octanol–water partition coefficient (Wildman–Crippen LogP) is 4.33. The van der Waals surface area contributed by atoms with Crippen molar-refractivity contribution in [1.29, 1.82) is 0 Å². The molecule has 9 nitrogen and oxygen atoms in total. The Kier molecular flexibility index (Phi) is 7.62. The Hall–Kier alpha value is -4.60. The SMILES string of the molecule is Cc1ccc([C@H](C(=O)NC2CCCC2)N(C(=O)Cn2nnc(-c3ccc(F)cc3)n2)c2cccc(O)c2)cc1. The number of hydrogen-bond acceptors (Lipinski definition) is 6. The molecule has 2 N–H and O–H groups in total. The number of carbonyl (C=O) groups is 2.